The third-order valence-electron chi connectivity index (χ3n) is 4.52. The smallest absolute Gasteiger partial charge is 0.339 e. The molecule has 0 saturated carbocycles. The molecule has 160 valence electrons. The van der Waals surface area contributed by atoms with E-state index in [0.29, 0.717) is 5.69 Å². The summed E-state index contributed by atoms with van der Waals surface area (Å²) in [5.41, 5.74) is 2.18. The Morgan fingerprint density at radius 3 is 2.47 bits per heavy atom. The molecule has 0 aliphatic carbocycles. The van der Waals surface area contributed by atoms with E-state index in [2.05, 4.69) is 5.32 Å². The van der Waals surface area contributed by atoms with Gasteiger partial charge in [-0.2, -0.15) is 0 Å². The molecular weight excluding hydrogens is 388 g/mol. The number of nitro benzene ring substituents is 1. The Hall–Kier alpha value is -3.42. The number of carbonyl (C=O) groups is 2. The van der Waals surface area contributed by atoms with Crippen molar-refractivity contribution < 1.29 is 24.0 Å². The summed E-state index contributed by atoms with van der Waals surface area (Å²) in [5.74, 6) is -1.06. The topological polar surface area (TPSA) is 108 Å². The minimum Gasteiger partial charge on any atom is -0.487 e. The normalized spacial score (nSPS) is 11.7. The molecule has 1 amide bonds. The third-order valence-corrected chi connectivity index (χ3v) is 4.52. The molecule has 0 fully saturated rings. The lowest BCUT2D eigenvalue weighted by Gasteiger charge is -2.19. The van der Waals surface area contributed by atoms with Gasteiger partial charge in [-0.05, 0) is 49.9 Å². The number of nitro groups is 1. The van der Waals surface area contributed by atoms with Crippen molar-refractivity contribution in [3.8, 4) is 5.75 Å². The molecule has 8 nitrogen and oxygen atoms in total. The molecule has 0 aliphatic heterocycles. The van der Waals surface area contributed by atoms with Crippen molar-refractivity contribution in [2.75, 3.05) is 11.9 Å². The van der Waals surface area contributed by atoms with Gasteiger partial charge in [0.25, 0.3) is 5.91 Å². The van der Waals surface area contributed by atoms with Crippen LogP contribution in [0.15, 0.2) is 36.4 Å². The van der Waals surface area contributed by atoms with E-state index in [1.54, 1.807) is 6.92 Å². The van der Waals surface area contributed by atoms with Crippen LogP contribution in [-0.2, 0) is 9.53 Å². The number of ether oxygens (including phenoxy) is 2. The minimum atomic E-state index is -1.09. The van der Waals surface area contributed by atoms with Crippen LogP contribution < -0.4 is 10.1 Å². The molecule has 0 bridgehead atoms. The van der Waals surface area contributed by atoms with Crippen LogP contribution in [0, 0.1) is 17.0 Å². The molecule has 2 aromatic carbocycles. The second kappa shape index (κ2) is 9.87. The number of esters is 1. The number of nitrogens with one attached hydrogen (secondary N) is 1. The molecule has 0 heterocycles. The average molecular weight is 414 g/mol. The highest BCUT2D eigenvalue weighted by atomic mass is 16.6. The highest BCUT2D eigenvalue weighted by molar-refractivity contribution is 5.98. The second-order valence-electron chi connectivity index (χ2n) is 7.10. The van der Waals surface area contributed by atoms with Gasteiger partial charge >= 0.3 is 11.7 Å². The fourth-order valence-electron chi connectivity index (χ4n) is 2.91. The van der Waals surface area contributed by atoms with Crippen LogP contribution >= 0.6 is 0 Å². The number of rotatable bonds is 8. The Morgan fingerprint density at radius 1 is 1.17 bits per heavy atom. The van der Waals surface area contributed by atoms with Crippen LogP contribution in [0.3, 0.4) is 0 Å². The maximum Gasteiger partial charge on any atom is 0.339 e. The molecule has 0 aromatic heterocycles. The van der Waals surface area contributed by atoms with Crippen LogP contribution in [0.5, 0.6) is 5.75 Å². The van der Waals surface area contributed by atoms with Gasteiger partial charge in [0.1, 0.15) is 0 Å². The number of amides is 1. The zero-order valence-corrected chi connectivity index (χ0v) is 17.7. The number of para-hydroxylation sites is 1. The monoisotopic (exact) mass is 414 g/mol. The van der Waals surface area contributed by atoms with Crippen LogP contribution in [0.1, 0.15) is 55.1 Å². The number of aryl methyl sites for hydroxylation is 1. The first-order chi connectivity index (χ1) is 14.1. The van der Waals surface area contributed by atoms with E-state index >= 15 is 0 Å². The van der Waals surface area contributed by atoms with E-state index in [4.69, 9.17) is 9.47 Å². The molecule has 1 atom stereocenters. The molecule has 2 rings (SSSR count). The van der Waals surface area contributed by atoms with Crippen molar-refractivity contribution in [1.29, 1.82) is 0 Å². The molecule has 1 N–H and O–H groups in total. The lowest BCUT2D eigenvalue weighted by Crippen LogP contribution is -2.30. The maximum absolute atomic E-state index is 12.6. The molecular formula is C22H26N2O6. The minimum absolute atomic E-state index is 0.0384. The number of nitrogens with zero attached hydrogens (tertiary/aromatic N) is 1. The largest absolute Gasteiger partial charge is 0.487 e. The van der Waals surface area contributed by atoms with Crippen molar-refractivity contribution in [1.82, 2.24) is 0 Å². The van der Waals surface area contributed by atoms with Gasteiger partial charge in [-0.1, -0.05) is 32.0 Å². The van der Waals surface area contributed by atoms with E-state index in [1.807, 2.05) is 39.0 Å². The van der Waals surface area contributed by atoms with Gasteiger partial charge in [-0.25, -0.2) is 4.79 Å². The summed E-state index contributed by atoms with van der Waals surface area (Å²) >= 11 is 0. The van der Waals surface area contributed by atoms with Crippen LogP contribution in [0.2, 0.25) is 0 Å². The zero-order chi connectivity index (χ0) is 22.4. The van der Waals surface area contributed by atoms with E-state index in [1.165, 1.54) is 19.1 Å². The number of anilines is 1. The number of hydrogen-bond donors (Lipinski definition) is 1. The Bertz CT molecular complexity index is 955. The fourth-order valence-corrected chi connectivity index (χ4v) is 2.91. The Kier molecular flexibility index (Phi) is 7.52. The SMILES string of the molecule is CCOc1ccc(C(=O)O[C@@H](C)C(=O)Nc2c(C)cccc2C(C)C)cc1[N+](=O)[O-]. The summed E-state index contributed by atoms with van der Waals surface area (Å²) in [4.78, 5) is 35.6. The highest BCUT2D eigenvalue weighted by Crippen LogP contribution is 2.29. The molecule has 0 aliphatic rings. The first kappa shape index (κ1) is 22.9. The fraction of sp³-hybridized carbons (Fsp3) is 0.364. The summed E-state index contributed by atoms with van der Waals surface area (Å²) in [5, 5.41) is 14.1. The van der Waals surface area contributed by atoms with Crippen molar-refractivity contribution in [2.45, 2.75) is 46.6 Å². The van der Waals surface area contributed by atoms with Gasteiger partial charge in [0.2, 0.25) is 0 Å². The summed E-state index contributed by atoms with van der Waals surface area (Å²) in [6.07, 6.45) is -1.09. The van der Waals surface area contributed by atoms with Gasteiger partial charge in [0.05, 0.1) is 17.1 Å². The molecule has 0 saturated heterocycles. The molecule has 0 radical (unpaired) electrons. The Morgan fingerprint density at radius 2 is 1.87 bits per heavy atom. The van der Waals surface area contributed by atoms with E-state index in [9.17, 15) is 19.7 Å². The van der Waals surface area contributed by atoms with Crippen molar-refractivity contribution in [3.63, 3.8) is 0 Å². The first-order valence-corrected chi connectivity index (χ1v) is 9.68. The predicted molar refractivity (Wildman–Crippen MR) is 113 cm³/mol. The van der Waals surface area contributed by atoms with Gasteiger partial charge in [0.15, 0.2) is 11.9 Å². The molecule has 2 aromatic rings. The molecule has 0 unspecified atom stereocenters. The average Bonchev–Trinajstić information content (AvgIpc) is 2.69. The van der Waals surface area contributed by atoms with Gasteiger partial charge in [-0.15, -0.1) is 0 Å². The molecule has 0 spiro atoms. The lowest BCUT2D eigenvalue weighted by atomic mass is 9.98. The van der Waals surface area contributed by atoms with E-state index < -0.39 is 22.9 Å². The van der Waals surface area contributed by atoms with Crippen LogP contribution in [0.4, 0.5) is 11.4 Å². The Labute approximate surface area is 175 Å². The molecule has 8 heteroatoms. The Balaban J connectivity index is 2.15. The zero-order valence-electron chi connectivity index (χ0n) is 17.7. The maximum atomic E-state index is 12.6. The highest BCUT2D eigenvalue weighted by Gasteiger charge is 2.24. The van der Waals surface area contributed by atoms with E-state index in [-0.39, 0.29) is 29.5 Å². The summed E-state index contributed by atoms with van der Waals surface area (Å²) < 4.78 is 10.4. The van der Waals surface area contributed by atoms with E-state index in [0.717, 1.165) is 17.2 Å². The summed E-state index contributed by atoms with van der Waals surface area (Å²) in [7, 11) is 0. The third kappa shape index (κ3) is 5.34. The van der Waals surface area contributed by atoms with Gasteiger partial charge in [0, 0.05) is 11.8 Å². The van der Waals surface area contributed by atoms with Gasteiger partial charge in [-0.3, -0.25) is 14.9 Å². The second-order valence-corrected chi connectivity index (χ2v) is 7.10. The number of benzene rings is 2. The predicted octanol–water partition coefficient (Wildman–Crippen LogP) is 4.61. The standard InChI is InChI=1S/C22H26N2O6/c1-6-29-19-11-10-16(12-18(19)24(27)28)22(26)30-15(5)21(25)23-20-14(4)8-7-9-17(20)13(2)3/h7-13,15H,6H2,1-5H3,(H,23,25)/t15-/m0/s1. The number of carbonyl (C=O) groups excluding carboxylic acids is 2. The molecule has 30 heavy (non-hydrogen) atoms. The van der Waals surface area contributed by atoms with Crippen molar-refractivity contribution in [3.05, 3.63) is 63.2 Å². The van der Waals surface area contributed by atoms with Crippen LogP contribution in [0.25, 0.3) is 0 Å². The van der Waals surface area contributed by atoms with Crippen molar-refractivity contribution >= 4 is 23.3 Å². The first-order valence-electron chi connectivity index (χ1n) is 9.68. The number of hydrogen-bond acceptors (Lipinski definition) is 6. The summed E-state index contributed by atoms with van der Waals surface area (Å²) in [6.45, 7) is 9.32. The van der Waals surface area contributed by atoms with Gasteiger partial charge < -0.3 is 14.8 Å². The van der Waals surface area contributed by atoms with Crippen LogP contribution in [-0.4, -0.2) is 29.5 Å². The lowest BCUT2D eigenvalue weighted by molar-refractivity contribution is -0.385. The quantitative estimate of drug-likeness (QED) is 0.384. The summed E-state index contributed by atoms with van der Waals surface area (Å²) in [6, 6.07) is 9.52. The van der Waals surface area contributed by atoms with Crippen molar-refractivity contribution in [2.24, 2.45) is 0 Å².